The van der Waals surface area contributed by atoms with Gasteiger partial charge in [0, 0.05) is 6.04 Å². The van der Waals surface area contributed by atoms with E-state index < -0.39 is 0 Å². The van der Waals surface area contributed by atoms with E-state index in [0.29, 0.717) is 12.0 Å². The Morgan fingerprint density at radius 2 is 1.75 bits per heavy atom. The van der Waals surface area contributed by atoms with Gasteiger partial charge in [-0.2, -0.15) is 0 Å². The highest BCUT2D eigenvalue weighted by Crippen LogP contribution is 2.21. The first-order chi connectivity index (χ1) is 9.66. The van der Waals surface area contributed by atoms with E-state index in [1.54, 1.807) is 12.1 Å². The lowest BCUT2D eigenvalue weighted by atomic mass is 9.96. The van der Waals surface area contributed by atoms with Crippen LogP contribution < -0.4 is 5.32 Å². The fraction of sp³-hybridized carbons (Fsp3) is 0.333. The first kappa shape index (κ1) is 14.7. The SMILES string of the molecule is CC(C)C(NCCc1cccc(F)c1)c1ccccc1. The van der Waals surface area contributed by atoms with Crippen LogP contribution in [0.5, 0.6) is 0 Å². The van der Waals surface area contributed by atoms with E-state index in [4.69, 9.17) is 0 Å². The van der Waals surface area contributed by atoms with Crippen LogP contribution in [0, 0.1) is 11.7 Å². The Balaban J connectivity index is 1.93. The van der Waals surface area contributed by atoms with Crippen LogP contribution in [0.1, 0.15) is 31.0 Å². The van der Waals surface area contributed by atoms with Crippen molar-refractivity contribution in [3.63, 3.8) is 0 Å². The predicted molar refractivity (Wildman–Crippen MR) is 82.1 cm³/mol. The zero-order valence-corrected chi connectivity index (χ0v) is 12.1. The van der Waals surface area contributed by atoms with E-state index in [-0.39, 0.29) is 5.82 Å². The summed E-state index contributed by atoms with van der Waals surface area (Å²) in [4.78, 5) is 0. The summed E-state index contributed by atoms with van der Waals surface area (Å²) in [6.45, 7) is 5.28. The third kappa shape index (κ3) is 4.17. The van der Waals surface area contributed by atoms with Crippen LogP contribution in [-0.4, -0.2) is 6.54 Å². The molecular weight excluding hydrogens is 249 g/mol. The van der Waals surface area contributed by atoms with Crippen molar-refractivity contribution in [2.24, 2.45) is 5.92 Å². The van der Waals surface area contributed by atoms with Gasteiger partial charge in [0.1, 0.15) is 5.82 Å². The monoisotopic (exact) mass is 271 g/mol. The molecule has 20 heavy (non-hydrogen) atoms. The van der Waals surface area contributed by atoms with E-state index in [2.05, 4.69) is 43.4 Å². The highest BCUT2D eigenvalue weighted by Gasteiger charge is 2.14. The highest BCUT2D eigenvalue weighted by molar-refractivity contribution is 5.20. The number of rotatable bonds is 6. The van der Waals surface area contributed by atoms with Crippen molar-refractivity contribution < 1.29 is 4.39 Å². The largest absolute Gasteiger partial charge is 0.309 e. The van der Waals surface area contributed by atoms with Crippen molar-refractivity contribution in [2.45, 2.75) is 26.3 Å². The maximum atomic E-state index is 13.1. The number of hydrogen-bond donors (Lipinski definition) is 1. The molecule has 2 aromatic carbocycles. The summed E-state index contributed by atoms with van der Waals surface area (Å²) in [5.41, 5.74) is 2.34. The molecule has 0 aliphatic heterocycles. The Bertz CT molecular complexity index is 522. The molecule has 0 saturated heterocycles. The summed E-state index contributed by atoms with van der Waals surface area (Å²) in [5, 5.41) is 3.58. The van der Waals surface area contributed by atoms with Gasteiger partial charge < -0.3 is 5.32 Å². The van der Waals surface area contributed by atoms with Crippen LogP contribution >= 0.6 is 0 Å². The van der Waals surface area contributed by atoms with Crippen LogP contribution in [0.2, 0.25) is 0 Å². The van der Waals surface area contributed by atoms with Crippen LogP contribution in [0.15, 0.2) is 54.6 Å². The smallest absolute Gasteiger partial charge is 0.123 e. The molecule has 0 aromatic heterocycles. The standard InChI is InChI=1S/C18H22FN/c1-14(2)18(16-8-4-3-5-9-16)20-12-11-15-7-6-10-17(19)13-15/h3-10,13-14,18,20H,11-12H2,1-2H3. The lowest BCUT2D eigenvalue weighted by molar-refractivity contribution is 0.414. The molecule has 1 atom stereocenters. The Labute approximate surface area is 120 Å². The maximum absolute atomic E-state index is 13.1. The molecule has 0 saturated carbocycles. The molecule has 0 amide bonds. The van der Waals surface area contributed by atoms with Gasteiger partial charge in [-0.25, -0.2) is 4.39 Å². The molecule has 106 valence electrons. The van der Waals surface area contributed by atoms with Crippen molar-refractivity contribution in [1.29, 1.82) is 0 Å². The first-order valence-corrected chi connectivity index (χ1v) is 7.19. The molecule has 2 rings (SSSR count). The van der Waals surface area contributed by atoms with Gasteiger partial charge in [0.05, 0.1) is 0 Å². The number of benzene rings is 2. The van der Waals surface area contributed by atoms with Crippen molar-refractivity contribution >= 4 is 0 Å². The van der Waals surface area contributed by atoms with Crippen molar-refractivity contribution in [3.8, 4) is 0 Å². The second-order valence-corrected chi connectivity index (χ2v) is 5.47. The first-order valence-electron chi connectivity index (χ1n) is 7.19. The Morgan fingerprint density at radius 3 is 2.40 bits per heavy atom. The number of hydrogen-bond acceptors (Lipinski definition) is 1. The number of halogens is 1. The van der Waals surface area contributed by atoms with E-state index in [1.165, 1.54) is 11.6 Å². The summed E-state index contributed by atoms with van der Waals surface area (Å²) in [7, 11) is 0. The predicted octanol–water partition coefficient (Wildman–Crippen LogP) is 4.36. The summed E-state index contributed by atoms with van der Waals surface area (Å²) in [6, 6.07) is 17.6. The highest BCUT2D eigenvalue weighted by atomic mass is 19.1. The lowest BCUT2D eigenvalue weighted by Crippen LogP contribution is -2.27. The molecule has 0 heterocycles. The molecule has 0 bridgehead atoms. The van der Waals surface area contributed by atoms with E-state index >= 15 is 0 Å². The third-order valence-corrected chi connectivity index (χ3v) is 3.49. The summed E-state index contributed by atoms with van der Waals surface area (Å²) in [6.07, 6.45) is 0.841. The molecule has 1 N–H and O–H groups in total. The third-order valence-electron chi connectivity index (χ3n) is 3.49. The Kier molecular flexibility index (Phi) is 5.31. The minimum atomic E-state index is -0.161. The zero-order valence-electron chi connectivity index (χ0n) is 12.1. The van der Waals surface area contributed by atoms with Crippen LogP contribution in [-0.2, 0) is 6.42 Å². The lowest BCUT2D eigenvalue weighted by Gasteiger charge is -2.23. The summed E-state index contributed by atoms with van der Waals surface area (Å²) < 4.78 is 13.1. The molecule has 0 fully saturated rings. The molecule has 0 radical (unpaired) electrons. The fourth-order valence-corrected chi connectivity index (χ4v) is 2.46. The van der Waals surface area contributed by atoms with Crippen molar-refractivity contribution in [2.75, 3.05) is 6.54 Å². The molecule has 0 aliphatic rings. The average molecular weight is 271 g/mol. The van der Waals surface area contributed by atoms with Gasteiger partial charge in [0.25, 0.3) is 0 Å². The average Bonchev–Trinajstić information content (AvgIpc) is 2.44. The summed E-state index contributed by atoms with van der Waals surface area (Å²) in [5.74, 6) is 0.357. The van der Waals surface area contributed by atoms with Gasteiger partial charge in [-0.05, 0) is 42.1 Å². The maximum Gasteiger partial charge on any atom is 0.123 e. The van der Waals surface area contributed by atoms with Crippen LogP contribution in [0.4, 0.5) is 4.39 Å². The van der Waals surface area contributed by atoms with Gasteiger partial charge in [-0.1, -0.05) is 56.3 Å². The van der Waals surface area contributed by atoms with Crippen LogP contribution in [0.25, 0.3) is 0 Å². The second kappa shape index (κ2) is 7.20. The van der Waals surface area contributed by atoms with E-state index in [0.717, 1.165) is 18.5 Å². The second-order valence-electron chi connectivity index (χ2n) is 5.47. The van der Waals surface area contributed by atoms with Crippen molar-refractivity contribution in [1.82, 2.24) is 5.32 Å². The summed E-state index contributed by atoms with van der Waals surface area (Å²) >= 11 is 0. The molecule has 2 aromatic rings. The zero-order chi connectivity index (χ0) is 14.4. The van der Waals surface area contributed by atoms with Gasteiger partial charge in [-0.15, -0.1) is 0 Å². The van der Waals surface area contributed by atoms with Crippen molar-refractivity contribution in [3.05, 3.63) is 71.5 Å². The molecule has 1 unspecified atom stereocenters. The quantitative estimate of drug-likeness (QED) is 0.823. The van der Waals surface area contributed by atoms with E-state index in [1.807, 2.05) is 12.1 Å². The minimum Gasteiger partial charge on any atom is -0.309 e. The Hall–Kier alpha value is -1.67. The minimum absolute atomic E-state index is 0.161. The molecule has 0 spiro atoms. The molecular formula is C18H22FN. The normalized spacial score (nSPS) is 12.6. The van der Waals surface area contributed by atoms with Crippen LogP contribution in [0.3, 0.4) is 0 Å². The fourth-order valence-electron chi connectivity index (χ4n) is 2.46. The van der Waals surface area contributed by atoms with E-state index in [9.17, 15) is 4.39 Å². The van der Waals surface area contributed by atoms with Gasteiger partial charge in [0.2, 0.25) is 0 Å². The Morgan fingerprint density at radius 1 is 1.00 bits per heavy atom. The van der Waals surface area contributed by atoms with Gasteiger partial charge in [0.15, 0.2) is 0 Å². The van der Waals surface area contributed by atoms with Gasteiger partial charge >= 0.3 is 0 Å². The topological polar surface area (TPSA) is 12.0 Å². The molecule has 1 nitrogen and oxygen atoms in total. The van der Waals surface area contributed by atoms with Gasteiger partial charge in [-0.3, -0.25) is 0 Å². The number of nitrogens with one attached hydrogen (secondary N) is 1. The molecule has 0 aliphatic carbocycles. The molecule has 2 heteroatoms.